The zero-order valence-electron chi connectivity index (χ0n) is 14.4. The molecular formula is C19H22N2O4S. The number of fused-ring (bicyclic) bond motifs is 1. The zero-order valence-corrected chi connectivity index (χ0v) is 15.2. The van der Waals surface area contributed by atoms with Crippen molar-refractivity contribution in [3.05, 3.63) is 46.7 Å². The van der Waals surface area contributed by atoms with E-state index in [9.17, 15) is 4.79 Å². The Morgan fingerprint density at radius 2 is 2.00 bits per heavy atom. The van der Waals surface area contributed by atoms with Crippen LogP contribution in [-0.2, 0) is 9.53 Å². The average Bonchev–Trinajstić information content (AvgIpc) is 3.23. The quantitative estimate of drug-likeness (QED) is 0.868. The first kappa shape index (κ1) is 17.3. The molecule has 1 saturated heterocycles. The molecule has 2 aromatic rings. The first-order valence-electron chi connectivity index (χ1n) is 8.82. The van der Waals surface area contributed by atoms with Gasteiger partial charge in [-0.05, 0) is 23.6 Å². The van der Waals surface area contributed by atoms with Gasteiger partial charge < -0.3 is 19.5 Å². The minimum absolute atomic E-state index is 0.144. The van der Waals surface area contributed by atoms with E-state index in [4.69, 9.17) is 14.2 Å². The van der Waals surface area contributed by atoms with E-state index in [1.165, 1.54) is 4.88 Å². The standard InChI is InChI=1S/C19H22N2O4S/c22-19(17-13-24-15-4-1-2-5-16(15)25-17)20-12-14(18-6-3-11-26-18)21-7-9-23-10-8-21/h1-6,11,14,17H,7-10,12-13H2,(H,20,22)/t14-,17+/m1/s1. The maximum Gasteiger partial charge on any atom is 0.264 e. The van der Waals surface area contributed by atoms with Crippen molar-refractivity contribution in [3.63, 3.8) is 0 Å². The molecule has 2 aliphatic heterocycles. The average molecular weight is 374 g/mol. The molecule has 1 amide bonds. The van der Waals surface area contributed by atoms with Gasteiger partial charge in [0.25, 0.3) is 5.91 Å². The summed E-state index contributed by atoms with van der Waals surface area (Å²) in [6.45, 7) is 3.97. The fourth-order valence-electron chi connectivity index (χ4n) is 3.24. The van der Waals surface area contributed by atoms with Gasteiger partial charge in [0.05, 0.1) is 19.3 Å². The van der Waals surface area contributed by atoms with E-state index >= 15 is 0 Å². The van der Waals surface area contributed by atoms with Gasteiger partial charge >= 0.3 is 0 Å². The van der Waals surface area contributed by atoms with Gasteiger partial charge in [-0.25, -0.2) is 0 Å². The lowest BCUT2D eigenvalue weighted by Gasteiger charge is -2.34. The molecule has 0 spiro atoms. The topological polar surface area (TPSA) is 60.0 Å². The molecule has 1 aromatic carbocycles. The van der Waals surface area contributed by atoms with Crippen molar-refractivity contribution in [2.45, 2.75) is 12.1 Å². The summed E-state index contributed by atoms with van der Waals surface area (Å²) in [5.74, 6) is 1.15. The second-order valence-electron chi connectivity index (χ2n) is 6.29. The Hall–Kier alpha value is -2.09. The molecule has 0 bridgehead atoms. The van der Waals surface area contributed by atoms with Crippen LogP contribution in [0.1, 0.15) is 10.9 Å². The molecule has 1 fully saturated rings. The van der Waals surface area contributed by atoms with Gasteiger partial charge in [-0.1, -0.05) is 18.2 Å². The number of carbonyl (C=O) groups excluding carboxylic acids is 1. The summed E-state index contributed by atoms with van der Waals surface area (Å²) in [5, 5.41) is 5.12. The van der Waals surface area contributed by atoms with Crippen molar-refractivity contribution in [2.24, 2.45) is 0 Å². The molecule has 0 unspecified atom stereocenters. The molecule has 138 valence electrons. The number of morpholine rings is 1. The van der Waals surface area contributed by atoms with Crippen molar-refractivity contribution >= 4 is 17.2 Å². The molecule has 6 nitrogen and oxygen atoms in total. The highest BCUT2D eigenvalue weighted by Crippen LogP contribution is 2.31. The van der Waals surface area contributed by atoms with Crippen LogP contribution >= 0.6 is 11.3 Å². The van der Waals surface area contributed by atoms with Gasteiger partial charge in [-0.15, -0.1) is 11.3 Å². The number of hydrogen-bond donors (Lipinski definition) is 1. The summed E-state index contributed by atoms with van der Waals surface area (Å²) in [4.78, 5) is 16.2. The Morgan fingerprint density at radius 1 is 1.19 bits per heavy atom. The van der Waals surface area contributed by atoms with Gasteiger partial charge in [0.15, 0.2) is 11.5 Å². The number of benzene rings is 1. The summed E-state index contributed by atoms with van der Waals surface area (Å²) >= 11 is 1.71. The number of nitrogens with one attached hydrogen (secondary N) is 1. The van der Waals surface area contributed by atoms with E-state index < -0.39 is 6.10 Å². The van der Waals surface area contributed by atoms with Crippen molar-refractivity contribution in [1.29, 1.82) is 0 Å². The predicted molar refractivity (Wildman–Crippen MR) is 98.8 cm³/mol. The number of thiophene rings is 1. The third-order valence-electron chi connectivity index (χ3n) is 4.63. The lowest BCUT2D eigenvalue weighted by Crippen LogP contribution is -2.48. The van der Waals surface area contributed by atoms with E-state index in [2.05, 4.69) is 21.7 Å². The van der Waals surface area contributed by atoms with Gasteiger partial charge in [0, 0.05) is 24.5 Å². The Bertz CT molecular complexity index is 731. The summed E-state index contributed by atoms with van der Waals surface area (Å²) in [6, 6.07) is 11.7. The summed E-state index contributed by atoms with van der Waals surface area (Å²) in [5.41, 5.74) is 0. The molecule has 0 aliphatic carbocycles. The third-order valence-corrected chi connectivity index (χ3v) is 5.60. The van der Waals surface area contributed by atoms with Gasteiger partial charge in [0.1, 0.15) is 6.61 Å². The molecule has 3 heterocycles. The van der Waals surface area contributed by atoms with Crippen LogP contribution in [0, 0.1) is 0 Å². The Balaban J connectivity index is 1.39. The summed E-state index contributed by atoms with van der Waals surface area (Å²) < 4.78 is 16.9. The molecular weight excluding hydrogens is 352 g/mol. The fourth-order valence-corrected chi connectivity index (χ4v) is 4.10. The Kier molecular flexibility index (Phi) is 5.38. The van der Waals surface area contributed by atoms with E-state index in [1.807, 2.05) is 30.3 Å². The van der Waals surface area contributed by atoms with Gasteiger partial charge in [0.2, 0.25) is 6.10 Å². The number of para-hydroxylation sites is 2. The second-order valence-corrected chi connectivity index (χ2v) is 7.27. The smallest absolute Gasteiger partial charge is 0.264 e. The number of nitrogens with zero attached hydrogens (tertiary/aromatic N) is 1. The summed E-state index contributed by atoms with van der Waals surface area (Å²) in [7, 11) is 0. The lowest BCUT2D eigenvalue weighted by molar-refractivity contribution is -0.130. The fraction of sp³-hybridized carbons (Fsp3) is 0.421. The maximum absolute atomic E-state index is 12.6. The number of hydrogen-bond acceptors (Lipinski definition) is 6. The van der Waals surface area contributed by atoms with Crippen LogP contribution in [0.25, 0.3) is 0 Å². The Labute approximate surface area is 156 Å². The van der Waals surface area contributed by atoms with Crippen molar-refractivity contribution < 1.29 is 19.0 Å². The highest BCUT2D eigenvalue weighted by molar-refractivity contribution is 7.10. The second kappa shape index (κ2) is 8.07. The molecule has 1 N–H and O–H groups in total. The van der Waals surface area contributed by atoms with Crippen LogP contribution in [0.4, 0.5) is 0 Å². The van der Waals surface area contributed by atoms with Crippen LogP contribution in [0.2, 0.25) is 0 Å². The Morgan fingerprint density at radius 3 is 2.77 bits per heavy atom. The highest BCUT2D eigenvalue weighted by Gasteiger charge is 2.29. The van der Waals surface area contributed by atoms with E-state index in [1.54, 1.807) is 11.3 Å². The summed E-state index contributed by atoms with van der Waals surface area (Å²) in [6.07, 6.45) is -0.626. The van der Waals surface area contributed by atoms with Gasteiger partial charge in [-0.3, -0.25) is 9.69 Å². The van der Waals surface area contributed by atoms with Crippen LogP contribution in [0.5, 0.6) is 11.5 Å². The number of amides is 1. The molecule has 4 rings (SSSR count). The number of carbonyl (C=O) groups is 1. The lowest BCUT2D eigenvalue weighted by atomic mass is 10.1. The molecule has 7 heteroatoms. The first-order valence-corrected chi connectivity index (χ1v) is 9.70. The molecule has 0 radical (unpaired) electrons. The van der Waals surface area contributed by atoms with E-state index in [0.717, 1.165) is 26.3 Å². The van der Waals surface area contributed by atoms with E-state index in [-0.39, 0.29) is 18.6 Å². The molecule has 1 aromatic heterocycles. The molecule has 2 atom stereocenters. The van der Waals surface area contributed by atoms with Crippen molar-refractivity contribution in [3.8, 4) is 11.5 Å². The zero-order chi connectivity index (χ0) is 17.8. The predicted octanol–water partition coefficient (Wildman–Crippen LogP) is 2.08. The largest absolute Gasteiger partial charge is 0.485 e. The normalized spacial score (nSPS) is 21.2. The first-order chi connectivity index (χ1) is 12.8. The van der Waals surface area contributed by atoms with Crippen LogP contribution in [0.15, 0.2) is 41.8 Å². The van der Waals surface area contributed by atoms with Crippen molar-refractivity contribution in [1.82, 2.24) is 10.2 Å². The van der Waals surface area contributed by atoms with Crippen LogP contribution in [0.3, 0.4) is 0 Å². The number of ether oxygens (including phenoxy) is 3. The molecule has 0 saturated carbocycles. The van der Waals surface area contributed by atoms with Crippen LogP contribution in [-0.4, -0.2) is 56.4 Å². The SMILES string of the molecule is O=C(NC[C@H](c1cccs1)N1CCOCC1)[C@@H]1COc2ccccc2O1. The van der Waals surface area contributed by atoms with Crippen LogP contribution < -0.4 is 14.8 Å². The molecule has 2 aliphatic rings. The molecule has 26 heavy (non-hydrogen) atoms. The third kappa shape index (κ3) is 3.85. The minimum Gasteiger partial charge on any atom is -0.485 e. The van der Waals surface area contributed by atoms with Crippen molar-refractivity contribution in [2.75, 3.05) is 39.5 Å². The van der Waals surface area contributed by atoms with E-state index in [0.29, 0.717) is 18.0 Å². The monoisotopic (exact) mass is 374 g/mol. The number of rotatable bonds is 5. The van der Waals surface area contributed by atoms with Gasteiger partial charge in [-0.2, -0.15) is 0 Å². The maximum atomic E-state index is 12.6. The minimum atomic E-state index is -0.626. The highest BCUT2D eigenvalue weighted by atomic mass is 32.1.